The molecule has 4 nitrogen and oxygen atoms in total. The number of carbonyl (C=O) groups is 1. The summed E-state index contributed by atoms with van der Waals surface area (Å²) in [6.07, 6.45) is 6.09. The Balaban J connectivity index is 2.00. The van der Waals surface area contributed by atoms with Gasteiger partial charge in [0, 0.05) is 31.3 Å². The van der Waals surface area contributed by atoms with Gasteiger partial charge >= 0.3 is 0 Å². The third-order valence-electron chi connectivity index (χ3n) is 2.45. The first-order valence-corrected chi connectivity index (χ1v) is 4.90. The lowest BCUT2D eigenvalue weighted by Crippen LogP contribution is -2.37. The summed E-state index contributed by atoms with van der Waals surface area (Å²) in [4.78, 5) is 19.7. The van der Waals surface area contributed by atoms with Crippen molar-refractivity contribution in [3.05, 3.63) is 24.3 Å². The van der Waals surface area contributed by atoms with Gasteiger partial charge in [0.15, 0.2) is 0 Å². The van der Waals surface area contributed by atoms with E-state index in [1.807, 2.05) is 0 Å². The molecular formula is C10H13N3O. The largest absolute Gasteiger partial charge is 0.356 e. The third kappa shape index (κ3) is 2.07. The molecule has 1 N–H and O–H groups in total. The second kappa shape index (κ2) is 4.17. The molecule has 0 aromatic carbocycles. The van der Waals surface area contributed by atoms with E-state index in [1.54, 1.807) is 18.5 Å². The zero-order valence-electron chi connectivity index (χ0n) is 7.94. The molecule has 1 fully saturated rings. The van der Waals surface area contributed by atoms with Crippen LogP contribution < -0.4 is 5.32 Å². The molecule has 0 saturated carbocycles. The highest BCUT2D eigenvalue weighted by molar-refractivity contribution is 5.79. The van der Waals surface area contributed by atoms with Gasteiger partial charge in [0.2, 0.25) is 5.91 Å². The molecule has 1 aliphatic heterocycles. The number of nitrogens with one attached hydrogen (secondary N) is 1. The van der Waals surface area contributed by atoms with Crippen LogP contribution in [0.1, 0.15) is 18.7 Å². The number of hydrogen-bond donors (Lipinski definition) is 1. The zero-order valence-corrected chi connectivity index (χ0v) is 7.94. The van der Waals surface area contributed by atoms with E-state index in [1.165, 1.54) is 0 Å². The summed E-state index contributed by atoms with van der Waals surface area (Å²) in [6, 6.07) is 1.78. The molecule has 0 aliphatic carbocycles. The maximum Gasteiger partial charge on any atom is 0.223 e. The Labute approximate surface area is 82.8 Å². The lowest BCUT2D eigenvalue weighted by atomic mass is 9.95. The van der Waals surface area contributed by atoms with E-state index in [2.05, 4.69) is 15.3 Å². The van der Waals surface area contributed by atoms with Crippen LogP contribution in [0, 0.1) is 5.92 Å². The van der Waals surface area contributed by atoms with Gasteiger partial charge in [-0.1, -0.05) is 0 Å². The Morgan fingerprint density at radius 3 is 2.93 bits per heavy atom. The Morgan fingerprint density at radius 2 is 2.21 bits per heavy atom. The molecular weight excluding hydrogens is 178 g/mol. The molecule has 74 valence electrons. The molecule has 1 aliphatic rings. The van der Waals surface area contributed by atoms with E-state index in [-0.39, 0.29) is 11.8 Å². The Hall–Kier alpha value is -1.45. The fourth-order valence-corrected chi connectivity index (χ4v) is 1.69. The van der Waals surface area contributed by atoms with Crippen molar-refractivity contribution in [1.82, 2.24) is 15.3 Å². The minimum Gasteiger partial charge on any atom is -0.356 e. The second-order valence-electron chi connectivity index (χ2n) is 3.50. The average molecular weight is 191 g/mol. The van der Waals surface area contributed by atoms with Crippen LogP contribution in [0.15, 0.2) is 18.5 Å². The van der Waals surface area contributed by atoms with Crippen LogP contribution in [-0.2, 0) is 11.2 Å². The molecule has 0 bridgehead atoms. The minimum absolute atomic E-state index is 0.0612. The summed E-state index contributed by atoms with van der Waals surface area (Å²) >= 11 is 0. The molecule has 0 radical (unpaired) electrons. The Morgan fingerprint density at radius 1 is 1.43 bits per heavy atom. The van der Waals surface area contributed by atoms with Gasteiger partial charge in [-0.3, -0.25) is 4.79 Å². The first kappa shape index (κ1) is 9.12. The summed E-state index contributed by atoms with van der Waals surface area (Å²) in [5, 5.41) is 2.86. The molecule has 1 saturated heterocycles. The monoisotopic (exact) mass is 191 g/mol. The lowest BCUT2D eigenvalue weighted by Gasteiger charge is -2.20. The first-order chi connectivity index (χ1) is 6.86. The van der Waals surface area contributed by atoms with Crippen molar-refractivity contribution < 1.29 is 4.79 Å². The first-order valence-electron chi connectivity index (χ1n) is 4.90. The summed E-state index contributed by atoms with van der Waals surface area (Å²) in [6.45, 7) is 0.810. The van der Waals surface area contributed by atoms with Gasteiger partial charge in [-0.25, -0.2) is 9.97 Å². The maximum atomic E-state index is 11.4. The van der Waals surface area contributed by atoms with Gasteiger partial charge in [0.05, 0.1) is 0 Å². The lowest BCUT2D eigenvalue weighted by molar-refractivity contribution is -0.126. The van der Waals surface area contributed by atoms with E-state index in [0.717, 1.165) is 25.2 Å². The van der Waals surface area contributed by atoms with E-state index in [0.29, 0.717) is 6.42 Å². The number of aromatic nitrogens is 2. The van der Waals surface area contributed by atoms with Gasteiger partial charge in [-0.2, -0.15) is 0 Å². The summed E-state index contributed by atoms with van der Waals surface area (Å²) in [7, 11) is 0. The van der Waals surface area contributed by atoms with E-state index >= 15 is 0 Å². The summed E-state index contributed by atoms with van der Waals surface area (Å²) in [5.74, 6) is 0.962. The van der Waals surface area contributed by atoms with Gasteiger partial charge in [0.25, 0.3) is 0 Å². The molecule has 4 heteroatoms. The van der Waals surface area contributed by atoms with Crippen LogP contribution in [0.25, 0.3) is 0 Å². The second-order valence-corrected chi connectivity index (χ2v) is 3.50. The average Bonchev–Trinajstić information content (AvgIpc) is 2.23. The number of rotatable bonds is 2. The van der Waals surface area contributed by atoms with Crippen molar-refractivity contribution in [3.8, 4) is 0 Å². The van der Waals surface area contributed by atoms with Gasteiger partial charge in [-0.05, 0) is 18.9 Å². The van der Waals surface area contributed by atoms with Crippen LogP contribution in [0.4, 0.5) is 0 Å². The number of carbonyl (C=O) groups excluding carboxylic acids is 1. The molecule has 1 aromatic rings. The predicted molar refractivity (Wildman–Crippen MR) is 51.5 cm³/mol. The van der Waals surface area contributed by atoms with Crippen molar-refractivity contribution in [2.45, 2.75) is 19.3 Å². The van der Waals surface area contributed by atoms with Crippen LogP contribution in [0.2, 0.25) is 0 Å². The van der Waals surface area contributed by atoms with Crippen LogP contribution in [0.5, 0.6) is 0 Å². The molecule has 1 unspecified atom stereocenters. The molecule has 2 heterocycles. The fourth-order valence-electron chi connectivity index (χ4n) is 1.69. The van der Waals surface area contributed by atoms with E-state index in [4.69, 9.17) is 0 Å². The summed E-state index contributed by atoms with van der Waals surface area (Å²) in [5.41, 5.74) is 0. The molecule has 1 amide bonds. The van der Waals surface area contributed by atoms with Crippen LogP contribution >= 0.6 is 0 Å². The summed E-state index contributed by atoms with van der Waals surface area (Å²) < 4.78 is 0. The van der Waals surface area contributed by atoms with Crippen molar-refractivity contribution in [3.63, 3.8) is 0 Å². The van der Waals surface area contributed by atoms with Gasteiger partial charge in [-0.15, -0.1) is 0 Å². The zero-order chi connectivity index (χ0) is 9.80. The van der Waals surface area contributed by atoms with Gasteiger partial charge < -0.3 is 5.32 Å². The predicted octanol–water partition coefficient (Wildman–Crippen LogP) is 0.545. The molecule has 1 atom stereocenters. The van der Waals surface area contributed by atoms with Crippen LogP contribution in [-0.4, -0.2) is 22.4 Å². The Kier molecular flexibility index (Phi) is 2.72. The number of piperidine rings is 1. The maximum absolute atomic E-state index is 11.4. The van der Waals surface area contributed by atoms with E-state index < -0.39 is 0 Å². The van der Waals surface area contributed by atoms with Crippen LogP contribution in [0.3, 0.4) is 0 Å². The SMILES string of the molecule is O=C1NCCCC1Cc1ncccn1. The fraction of sp³-hybridized carbons (Fsp3) is 0.500. The highest BCUT2D eigenvalue weighted by Crippen LogP contribution is 2.14. The molecule has 2 rings (SSSR count). The Bertz CT molecular complexity index is 312. The molecule has 1 aromatic heterocycles. The van der Waals surface area contributed by atoms with Crippen molar-refractivity contribution >= 4 is 5.91 Å². The topological polar surface area (TPSA) is 54.9 Å². The number of hydrogen-bond acceptors (Lipinski definition) is 3. The third-order valence-corrected chi connectivity index (χ3v) is 2.45. The highest BCUT2D eigenvalue weighted by Gasteiger charge is 2.22. The molecule has 14 heavy (non-hydrogen) atoms. The number of nitrogens with zero attached hydrogens (tertiary/aromatic N) is 2. The van der Waals surface area contributed by atoms with E-state index in [9.17, 15) is 4.79 Å². The van der Waals surface area contributed by atoms with Crippen molar-refractivity contribution in [1.29, 1.82) is 0 Å². The minimum atomic E-state index is 0.0612. The standard InChI is InChI=1S/C10H13N3O/c14-10-8(3-1-4-13-10)7-9-11-5-2-6-12-9/h2,5-6,8H,1,3-4,7H2,(H,13,14). The number of amides is 1. The van der Waals surface area contributed by atoms with Crippen molar-refractivity contribution in [2.75, 3.05) is 6.54 Å². The highest BCUT2D eigenvalue weighted by atomic mass is 16.1. The van der Waals surface area contributed by atoms with Gasteiger partial charge in [0.1, 0.15) is 5.82 Å². The smallest absolute Gasteiger partial charge is 0.223 e. The molecule has 0 spiro atoms. The quantitative estimate of drug-likeness (QED) is 0.742. The normalized spacial score (nSPS) is 21.7. The van der Waals surface area contributed by atoms with Crippen molar-refractivity contribution in [2.24, 2.45) is 5.92 Å².